The lowest BCUT2D eigenvalue weighted by Gasteiger charge is -2.42. The smallest absolute Gasteiger partial charge is 0.407 e. The van der Waals surface area contributed by atoms with Crippen molar-refractivity contribution < 1.29 is 95.9 Å². The summed E-state index contributed by atoms with van der Waals surface area (Å²) in [6.45, 7) is 19.1. The van der Waals surface area contributed by atoms with E-state index in [0.717, 1.165) is 39.7 Å². The van der Waals surface area contributed by atoms with Crippen LogP contribution in [0.1, 0.15) is 165 Å². The number of nitrogen functional groups attached to an aromatic ring is 2. The van der Waals surface area contributed by atoms with Gasteiger partial charge >= 0.3 is 12.1 Å². The monoisotopic (exact) mass is 1900 g/mol. The van der Waals surface area contributed by atoms with Crippen molar-refractivity contribution in [3.63, 3.8) is 0 Å². The summed E-state index contributed by atoms with van der Waals surface area (Å²) in [6, 6.07) is 9.08. The highest BCUT2D eigenvalue weighted by Gasteiger charge is 2.53. The average molecular weight is 1900 g/mol. The predicted molar refractivity (Wildman–Crippen MR) is 509 cm³/mol. The second kappa shape index (κ2) is 49.2. The van der Waals surface area contributed by atoms with Gasteiger partial charge in [0.15, 0.2) is 11.4 Å². The highest BCUT2D eigenvalue weighted by molar-refractivity contribution is 6.39. The quantitative estimate of drug-likeness (QED) is 0.00957. The summed E-state index contributed by atoms with van der Waals surface area (Å²) in [4.78, 5) is 154. The second-order valence-electron chi connectivity index (χ2n) is 36.9. The number of aromatic nitrogens is 10. The summed E-state index contributed by atoms with van der Waals surface area (Å²) in [6.07, 6.45) is 19.7. The van der Waals surface area contributed by atoms with Crippen LogP contribution in [0.25, 0.3) is 33.3 Å². The largest absolute Gasteiger partial charge is 0.460 e. The topological polar surface area (TPSA) is 482 Å². The number of piperidine rings is 1. The van der Waals surface area contributed by atoms with E-state index in [1.165, 1.54) is 30.1 Å². The number of rotatable bonds is 30. The maximum Gasteiger partial charge on any atom is 0.407 e. The van der Waals surface area contributed by atoms with Crippen LogP contribution in [0.5, 0.6) is 0 Å². The molecule has 4 amide bonds. The van der Waals surface area contributed by atoms with Gasteiger partial charge < -0.3 is 104 Å². The van der Waals surface area contributed by atoms with E-state index in [4.69, 9.17) is 63.9 Å². The number of hydrogen-bond acceptors (Lipinski definition) is 32. The Morgan fingerprint density at radius 2 is 1.44 bits per heavy atom. The number of allylic oxidation sites excluding steroid dienone is 6. The third kappa shape index (κ3) is 26.9. The first-order valence-corrected chi connectivity index (χ1v) is 47.8. The lowest BCUT2D eigenvalue weighted by molar-refractivity contribution is -0.265. The molecule has 38 nitrogen and oxygen atoms in total. The summed E-state index contributed by atoms with van der Waals surface area (Å²) in [5.74, 6) is -7.99. The van der Waals surface area contributed by atoms with Crippen molar-refractivity contribution in [2.45, 2.75) is 213 Å². The Morgan fingerprint density at radius 3 is 2.17 bits per heavy atom. The van der Waals surface area contributed by atoms with E-state index >= 15 is 0 Å². The van der Waals surface area contributed by atoms with E-state index in [2.05, 4.69) is 68.7 Å². The van der Waals surface area contributed by atoms with Gasteiger partial charge in [-0.05, 0) is 142 Å². The van der Waals surface area contributed by atoms with Crippen LogP contribution in [0.2, 0.25) is 0 Å². The number of esters is 1. The van der Waals surface area contributed by atoms with Crippen LogP contribution in [0.4, 0.5) is 28.3 Å². The van der Waals surface area contributed by atoms with Crippen LogP contribution < -0.4 is 31.9 Å². The number of alkyl carbamates (subject to hydrolysis) is 1. The number of cyclic esters (lactones) is 1. The van der Waals surface area contributed by atoms with Crippen molar-refractivity contribution in [2.75, 3.05) is 141 Å². The normalized spacial score (nSPS) is 26.5. The molecule has 9 N–H and O–H groups in total. The maximum atomic E-state index is 14.8. The Labute approximate surface area is 798 Å². The Hall–Kier alpha value is -11.5. The van der Waals surface area contributed by atoms with E-state index in [-0.39, 0.29) is 99.2 Å². The minimum atomic E-state index is -2.50. The molecular formula is C99H134N18O20. The van der Waals surface area contributed by atoms with Crippen LogP contribution in [-0.4, -0.2) is 291 Å². The molecule has 137 heavy (non-hydrogen) atoms. The molecule has 0 radical (unpaired) electrons. The molecule has 0 unspecified atom stereocenters. The number of pyridine rings is 1. The molecule has 15 atom stereocenters. The lowest BCUT2D eigenvalue weighted by Crippen LogP contribution is -2.61. The van der Waals surface area contributed by atoms with Crippen molar-refractivity contribution in [1.29, 1.82) is 0 Å². The molecule has 4 fully saturated rings. The number of piperazine rings is 1. The first-order chi connectivity index (χ1) is 66.1. The van der Waals surface area contributed by atoms with Crippen molar-refractivity contribution in [2.24, 2.45) is 35.5 Å². The number of methoxy groups -OCH3 is 3. The van der Waals surface area contributed by atoms with E-state index in [9.17, 15) is 48.6 Å². The van der Waals surface area contributed by atoms with Gasteiger partial charge in [-0.25, -0.2) is 44.2 Å². The highest BCUT2D eigenvalue weighted by Crippen LogP contribution is 2.40. The predicted octanol–water partition coefficient (Wildman–Crippen LogP) is 8.69. The number of nitrogens with two attached hydrogens (primary N) is 2. The number of ether oxygens (including phenoxy) is 10. The van der Waals surface area contributed by atoms with Crippen LogP contribution in [-0.2, 0) is 102 Å². The van der Waals surface area contributed by atoms with E-state index in [1.807, 2.05) is 88.9 Å². The standard InChI is InChI=1S/C99H134N18O20/c1-60-16-12-11-13-17-61(2)79(128-8)50-74-23-19-66(7)99(127,137-74)88(122)94(124)116-30-15-14-18-76(116)95(125)135-80(51-77(118)62(3)45-65(6)86(121)87(130-10)85(120)64(5)44-60)63(4)46-67-21-24-78(81(48-67)129-9)136-98(126)108-54-69-52-105-96(106-53-69)113-32-34-114(35-33-113)97-107-56-75(89(100)111-97)93(123)103-29-37-132-39-41-134-43-42-133-40-38-131-36-27-82(119)115-31-26-70-47-68(20-22-72(70)58-115)57-117-92-83(90(101)109-59-110-92)84(112-117)73-49-71-25-28-102-91(71)104-55-73/h11-13,16-17,20,22,25,28,45,47,49,52-53,55-56,59-60,62-64,66-67,74,76,78-81,86-87,121,127H,14-15,18-19,21,23-24,26-27,29-44,46,48,50-51,54,57-58H2,1-10H3,(H,102,104)(H,103,123)(H,108,126)(H2,100,107,111)(H2,101,109,110)/b13-11+,16-12+,61-17+,65-45+/t60-,62-,63-,64-,66-,67+,74+,76+,78-,79+,80+,81-,86-,87+,99-/m1/s1. The number of benzene rings is 1. The number of nitrogens with zero attached hydrogens (tertiary/aromatic N) is 13. The number of H-pyrrole nitrogens is 1. The van der Waals surface area contributed by atoms with E-state index in [0.29, 0.717) is 189 Å². The molecule has 5 aliphatic heterocycles. The van der Waals surface area contributed by atoms with Crippen LogP contribution >= 0.6 is 0 Å². The third-order valence-electron chi connectivity index (χ3n) is 27.0. The molecule has 3 saturated heterocycles. The number of aromatic amines is 1. The fraction of sp³-hybridized carbons (Fsp3) is 0.576. The van der Waals surface area contributed by atoms with Gasteiger partial charge in [0, 0.05) is 158 Å². The minimum absolute atomic E-state index is 0.0279. The summed E-state index contributed by atoms with van der Waals surface area (Å²) in [5.41, 5.74) is 20.9. The molecule has 38 heteroatoms. The number of aliphatic hydroxyl groups excluding tert-OH is 1. The third-order valence-corrected chi connectivity index (χ3v) is 27.0. The number of aliphatic hydroxyl groups is 2. The van der Waals surface area contributed by atoms with Gasteiger partial charge in [0.25, 0.3) is 17.6 Å². The van der Waals surface area contributed by atoms with Gasteiger partial charge in [-0.15, -0.1) is 0 Å². The molecule has 6 aromatic heterocycles. The summed E-state index contributed by atoms with van der Waals surface area (Å²) in [7, 11) is 4.48. The number of fused-ring (bicyclic) bond motifs is 6. The summed E-state index contributed by atoms with van der Waals surface area (Å²) >= 11 is 0. The van der Waals surface area contributed by atoms with Crippen molar-refractivity contribution in [3.05, 3.63) is 143 Å². The Morgan fingerprint density at radius 1 is 0.708 bits per heavy atom. The first kappa shape index (κ1) is 103. The number of hydrogen-bond donors (Lipinski definition) is 7. The van der Waals surface area contributed by atoms with Gasteiger partial charge in [-0.1, -0.05) is 89.3 Å². The zero-order valence-electron chi connectivity index (χ0n) is 80.2. The molecular weight excluding hydrogens is 1760 g/mol. The summed E-state index contributed by atoms with van der Waals surface area (Å²) < 4.78 is 60.7. The molecule has 2 bridgehead atoms. The van der Waals surface area contributed by atoms with Crippen molar-refractivity contribution in [3.8, 4) is 11.3 Å². The van der Waals surface area contributed by atoms with Crippen LogP contribution in [0, 0.1) is 35.5 Å². The average Bonchev–Trinajstić information content (AvgIpc) is 1.73. The molecule has 13 rings (SSSR count). The van der Waals surface area contributed by atoms with Crippen molar-refractivity contribution >= 4 is 92.7 Å². The van der Waals surface area contributed by atoms with E-state index < -0.39 is 108 Å². The molecule has 1 aromatic carbocycles. The molecule has 11 heterocycles. The van der Waals surface area contributed by atoms with Crippen LogP contribution in [0.3, 0.4) is 0 Å². The van der Waals surface area contributed by atoms with Gasteiger partial charge in [-0.3, -0.25) is 28.8 Å². The number of ketones is 3. The van der Waals surface area contributed by atoms with Gasteiger partial charge in [0.2, 0.25) is 23.6 Å². The highest BCUT2D eigenvalue weighted by atomic mass is 16.6. The molecule has 6 aliphatic rings. The van der Waals surface area contributed by atoms with E-state index in [1.54, 1.807) is 66.6 Å². The first-order valence-electron chi connectivity index (χ1n) is 47.8. The number of nitrogens with one attached hydrogen (secondary N) is 3. The van der Waals surface area contributed by atoms with Crippen molar-refractivity contribution in [1.82, 2.24) is 70.1 Å². The SMILES string of the molecule is CO[C@H]1C[C@@H]2CC[C@@H](C)[C@@](O)(O2)C(=O)C(=O)N2CCCC[C@H]2C(=O)O[C@H]([C@H](C)C[C@@H]2CC[C@@H](OC(=O)NCc3cnc(N4CCN(c5ncc(C(=O)NCCOCCOCCOCCOCCC(=O)N6CCc7cc(Cn8nc(-c9cnc%10[nH]ccc%10c9)c9c(N)ncnc98)ccc7C6)c(N)n5)CC4)nc3)[C@H](OC)C2)CC(=O)[C@H](C)/C=C(\C)[C@@H](O)[C@@H](OC)C(=O)[C@H](C)C[C@H](C)/C=C/C=C/C=C/1C. The number of amides is 4. The zero-order chi connectivity index (χ0) is 97.4. The Kier molecular flexibility index (Phi) is 37.0. The number of carbonyl (C=O) groups excluding carboxylic acids is 8. The van der Waals surface area contributed by atoms with Gasteiger partial charge in [0.1, 0.15) is 65.5 Å². The fourth-order valence-electron chi connectivity index (χ4n) is 18.9. The molecule has 7 aromatic rings. The number of anilines is 4. The van der Waals surface area contributed by atoms with Gasteiger partial charge in [-0.2, -0.15) is 10.1 Å². The summed E-state index contributed by atoms with van der Waals surface area (Å²) in [5, 5.41) is 36.1. The molecule has 740 valence electrons. The second-order valence-corrected chi connectivity index (χ2v) is 36.9. The lowest BCUT2D eigenvalue weighted by atomic mass is 9.78. The molecule has 0 spiro atoms. The number of carbonyl (C=O) groups is 8. The Bertz CT molecular complexity index is 5430. The maximum absolute atomic E-state index is 14.8. The van der Waals surface area contributed by atoms with Gasteiger partial charge in [0.05, 0.1) is 95.1 Å². The number of Topliss-reactive ketones (excluding diaryl/α,β-unsaturated/α-hetero) is 3. The Balaban J connectivity index is 0.498. The fourth-order valence-corrected chi connectivity index (χ4v) is 18.9. The molecule has 1 aliphatic carbocycles. The zero-order valence-corrected chi connectivity index (χ0v) is 80.2. The molecule has 1 saturated carbocycles. The van der Waals surface area contributed by atoms with Crippen LogP contribution in [0.15, 0.2) is 115 Å². The minimum Gasteiger partial charge on any atom is -0.460 e.